The molecule has 0 bridgehead atoms. The van der Waals surface area contributed by atoms with Crippen molar-refractivity contribution in [2.24, 2.45) is 0 Å². The minimum atomic E-state index is -0.805. The number of carboxylic acids is 1. The summed E-state index contributed by atoms with van der Waals surface area (Å²) < 4.78 is 2.02. The van der Waals surface area contributed by atoms with Gasteiger partial charge in [-0.2, -0.15) is 0 Å². The van der Waals surface area contributed by atoms with E-state index in [1.54, 1.807) is 6.07 Å². The Labute approximate surface area is 64.3 Å². The summed E-state index contributed by atoms with van der Waals surface area (Å²) in [5.74, 6) is -0.805. The molecule has 2 rings (SSSR count). The van der Waals surface area contributed by atoms with Gasteiger partial charge in [-0.3, -0.25) is 0 Å². The maximum absolute atomic E-state index is 10.6. The Bertz CT molecular complexity index is 301. The maximum atomic E-state index is 10.6. The van der Waals surface area contributed by atoms with Gasteiger partial charge < -0.3 is 9.67 Å². The van der Waals surface area contributed by atoms with Gasteiger partial charge in [0.2, 0.25) is 0 Å². The largest absolute Gasteiger partial charge is 0.478 e. The molecule has 1 aromatic rings. The van der Waals surface area contributed by atoms with E-state index in [1.165, 1.54) is 0 Å². The van der Waals surface area contributed by atoms with Crippen LogP contribution in [0.15, 0.2) is 12.3 Å². The number of hydrogen-bond acceptors (Lipinski definition) is 1. The minimum absolute atomic E-state index is 0.475. The van der Waals surface area contributed by atoms with Crippen LogP contribution in [0.5, 0.6) is 0 Å². The molecule has 3 heteroatoms. The van der Waals surface area contributed by atoms with Crippen molar-refractivity contribution in [2.75, 3.05) is 0 Å². The summed E-state index contributed by atoms with van der Waals surface area (Å²) >= 11 is 0. The third kappa shape index (κ3) is 0.843. The molecule has 1 aliphatic rings. The first kappa shape index (κ1) is 6.46. The Hall–Kier alpha value is -1.25. The molecule has 0 saturated carbocycles. The number of carbonyl (C=O) groups is 1. The highest BCUT2D eigenvalue weighted by Gasteiger charge is 2.18. The number of aromatic nitrogens is 1. The van der Waals surface area contributed by atoms with Crippen LogP contribution in [0.2, 0.25) is 0 Å². The Morgan fingerprint density at radius 1 is 1.64 bits per heavy atom. The standard InChI is InChI=1S/C8H9NO2/c10-8(11)6-3-5-9-4-1-2-7(6)9/h3,5H,1-2,4H2,(H,10,11). The van der Waals surface area contributed by atoms with Crippen molar-refractivity contribution in [3.63, 3.8) is 0 Å². The van der Waals surface area contributed by atoms with Crippen LogP contribution in [0.4, 0.5) is 0 Å². The predicted octanol–water partition coefficient (Wildman–Crippen LogP) is 1.13. The zero-order valence-corrected chi connectivity index (χ0v) is 6.08. The summed E-state index contributed by atoms with van der Waals surface area (Å²) in [7, 11) is 0. The van der Waals surface area contributed by atoms with Gasteiger partial charge in [0.1, 0.15) is 0 Å². The molecule has 0 fully saturated rings. The molecule has 58 valence electrons. The Morgan fingerprint density at radius 2 is 2.45 bits per heavy atom. The topological polar surface area (TPSA) is 42.2 Å². The average molecular weight is 151 g/mol. The number of rotatable bonds is 1. The molecule has 0 radical (unpaired) electrons. The summed E-state index contributed by atoms with van der Waals surface area (Å²) in [6.07, 6.45) is 3.84. The van der Waals surface area contributed by atoms with E-state index >= 15 is 0 Å². The molecule has 1 aliphatic heterocycles. The molecule has 1 aromatic heterocycles. The lowest BCUT2D eigenvalue weighted by Crippen LogP contribution is -1.99. The van der Waals surface area contributed by atoms with Crippen LogP contribution in [0.25, 0.3) is 0 Å². The molecule has 0 aromatic carbocycles. The van der Waals surface area contributed by atoms with Crippen molar-refractivity contribution >= 4 is 5.97 Å². The second kappa shape index (κ2) is 2.12. The highest BCUT2D eigenvalue weighted by molar-refractivity contribution is 5.89. The highest BCUT2D eigenvalue weighted by atomic mass is 16.4. The van der Waals surface area contributed by atoms with E-state index in [1.807, 2.05) is 10.8 Å². The monoisotopic (exact) mass is 151 g/mol. The average Bonchev–Trinajstić information content (AvgIpc) is 2.41. The fourth-order valence-electron chi connectivity index (χ4n) is 1.60. The molecule has 3 nitrogen and oxygen atoms in total. The Morgan fingerprint density at radius 3 is 3.18 bits per heavy atom. The van der Waals surface area contributed by atoms with Crippen LogP contribution in [-0.4, -0.2) is 15.6 Å². The number of fused-ring (bicyclic) bond motifs is 1. The van der Waals surface area contributed by atoms with Gasteiger partial charge in [0, 0.05) is 18.4 Å². The number of hydrogen-bond donors (Lipinski definition) is 1. The number of nitrogens with zero attached hydrogens (tertiary/aromatic N) is 1. The SMILES string of the molecule is O=C(O)c1ccn2c1CCC2. The van der Waals surface area contributed by atoms with Gasteiger partial charge in [-0.05, 0) is 18.9 Å². The summed E-state index contributed by atoms with van der Waals surface area (Å²) in [4.78, 5) is 10.6. The van der Waals surface area contributed by atoms with Crippen LogP contribution in [0.1, 0.15) is 22.5 Å². The van der Waals surface area contributed by atoms with Gasteiger partial charge in [-0.1, -0.05) is 0 Å². The van der Waals surface area contributed by atoms with Crippen molar-refractivity contribution in [1.82, 2.24) is 4.57 Å². The first-order valence-corrected chi connectivity index (χ1v) is 3.70. The van der Waals surface area contributed by atoms with Gasteiger partial charge in [0.25, 0.3) is 0 Å². The second-order valence-electron chi connectivity index (χ2n) is 2.78. The molecule has 0 saturated heterocycles. The minimum Gasteiger partial charge on any atom is -0.478 e. The number of carboxylic acid groups (broad SMARTS) is 1. The Balaban J connectivity index is 2.50. The fraction of sp³-hybridized carbons (Fsp3) is 0.375. The number of aromatic carboxylic acids is 1. The summed E-state index contributed by atoms with van der Waals surface area (Å²) in [6.45, 7) is 0.975. The summed E-state index contributed by atoms with van der Waals surface area (Å²) in [5.41, 5.74) is 1.46. The first-order valence-electron chi connectivity index (χ1n) is 3.70. The van der Waals surface area contributed by atoms with E-state index in [9.17, 15) is 4.79 Å². The van der Waals surface area contributed by atoms with Gasteiger partial charge in [-0.15, -0.1) is 0 Å². The smallest absolute Gasteiger partial charge is 0.337 e. The van der Waals surface area contributed by atoms with Crippen LogP contribution in [-0.2, 0) is 13.0 Å². The van der Waals surface area contributed by atoms with E-state index in [0.29, 0.717) is 5.56 Å². The zero-order chi connectivity index (χ0) is 7.84. The lowest BCUT2D eigenvalue weighted by atomic mass is 10.2. The lowest BCUT2D eigenvalue weighted by Gasteiger charge is -1.94. The maximum Gasteiger partial charge on any atom is 0.337 e. The van der Waals surface area contributed by atoms with Crippen LogP contribution < -0.4 is 0 Å². The summed E-state index contributed by atoms with van der Waals surface area (Å²) in [6, 6.07) is 1.68. The molecule has 0 spiro atoms. The third-order valence-corrected chi connectivity index (χ3v) is 2.12. The van der Waals surface area contributed by atoms with Crippen LogP contribution >= 0.6 is 0 Å². The van der Waals surface area contributed by atoms with Crippen molar-refractivity contribution in [1.29, 1.82) is 0 Å². The van der Waals surface area contributed by atoms with Crippen molar-refractivity contribution < 1.29 is 9.90 Å². The van der Waals surface area contributed by atoms with Gasteiger partial charge in [0.15, 0.2) is 0 Å². The second-order valence-corrected chi connectivity index (χ2v) is 2.78. The molecule has 0 unspecified atom stereocenters. The third-order valence-electron chi connectivity index (χ3n) is 2.12. The quantitative estimate of drug-likeness (QED) is 0.653. The van der Waals surface area contributed by atoms with E-state index < -0.39 is 5.97 Å². The molecule has 2 heterocycles. The van der Waals surface area contributed by atoms with E-state index in [2.05, 4.69) is 0 Å². The van der Waals surface area contributed by atoms with Crippen molar-refractivity contribution in [2.45, 2.75) is 19.4 Å². The van der Waals surface area contributed by atoms with Gasteiger partial charge >= 0.3 is 5.97 Å². The first-order chi connectivity index (χ1) is 5.29. The molecule has 1 N–H and O–H groups in total. The molecular formula is C8H9NO2. The fourth-order valence-corrected chi connectivity index (χ4v) is 1.60. The van der Waals surface area contributed by atoms with E-state index in [0.717, 1.165) is 25.1 Å². The molecule has 0 atom stereocenters. The lowest BCUT2D eigenvalue weighted by molar-refractivity contribution is 0.0696. The van der Waals surface area contributed by atoms with Crippen LogP contribution in [0, 0.1) is 0 Å². The molecule has 11 heavy (non-hydrogen) atoms. The van der Waals surface area contributed by atoms with E-state index in [-0.39, 0.29) is 0 Å². The van der Waals surface area contributed by atoms with Gasteiger partial charge in [0.05, 0.1) is 5.56 Å². The predicted molar refractivity (Wildman–Crippen MR) is 39.7 cm³/mol. The van der Waals surface area contributed by atoms with E-state index in [4.69, 9.17) is 5.11 Å². The normalized spacial score (nSPS) is 14.9. The Kier molecular flexibility index (Phi) is 1.24. The highest BCUT2D eigenvalue weighted by Crippen LogP contribution is 2.19. The molecular weight excluding hydrogens is 142 g/mol. The molecule has 0 aliphatic carbocycles. The zero-order valence-electron chi connectivity index (χ0n) is 6.08. The van der Waals surface area contributed by atoms with Crippen molar-refractivity contribution in [3.8, 4) is 0 Å². The van der Waals surface area contributed by atoms with Crippen molar-refractivity contribution in [3.05, 3.63) is 23.5 Å². The van der Waals surface area contributed by atoms with Gasteiger partial charge in [-0.25, -0.2) is 4.79 Å². The van der Waals surface area contributed by atoms with Crippen LogP contribution in [0.3, 0.4) is 0 Å². The molecule has 0 amide bonds. The summed E-state index contributed by atoms with van der Waals surface area (Å²) in [5, 5.41) is 8.72. The number of aryl methyl sites for hydroxylation is 1.